The molecule has 5 heteroatoms. The summed E-state index contributed by atoms with van der Waals surface area (Å²) in [6.45, 7) is 6.64. The Morgan fingerprint density at radius 1 is 1.27 bits per heavy atom. The van der Waals surface area contributed by atoms with E-state index < -0.39 is 0 Å². The summed E-state index contributed by atoms with van der Waals surface area (Å²) >= 11 is 0. The molecule has 2 aliphatic rings. The first kappa shape index (κ1) is 17.3. The van der Waals surface area contributed by atoms with Crippen LogP contribution in [-0.2, 0) is 17.8 Å². The average Bonchev–Trinajstić information content (AvgIpc) is 3.10. The van der Waals surface area contributed by atoms with Gasteiger partial charge in [-0.15, -0.1) is 0 Å². The topological polar surface area (TPSA) is 49.6 Å². The lowest BCUT2D eigenvalue weighted by Gasteiger charge is -2.32. The SMILES string of the molecule is CC1CCCN(C(=O)CCN2CCc3onc(-c4ccccc4)c3C2)C1. The summed E-state index contributed by atoms with van der Waals surface area (Å²) in [5.74, 6) is 1.93. The molecule has 0 aliphatic carbocycles. The lowest BCUT2D eigenvalue weighted by Crippen LogP contribution is -2.41. The molecule has 0 bridgehead atoms. The van der Waals surface area contributed by atoms with Gasteiger partial charge in [-0.1, -0.05) is 42.4 Å². The summed E-state index contributed by atoms with van der Waals surface area (Å²) in [6, 6.07) is 10.2. The minimum absolute atomic E-state index is 0.302. The molecule has 1 saturated heterocycles. The Balaban J connectivity index is 1.38. The number of hydrogen-bond acceptors (Lipinski definition) is 4. The highest BCUT2D eigenvalue weighted by Crippen LogP contribution is 2.29. The number of rotatable bonds is 4. The molecule has 1 unspecified atom stereocenters. The summed E-state index contributed by atoms with van der Waals surface area (Å²) in [5, 5.41) is 4.30. The fraction of sp³-hybridized carbons (Fsp3) is 0.524. The van der Waals surface area contributed by atoms with Gasteiger partial charge < -0.3 is 9.42 Å². The standard InChI is InChI=1S/C21H27N3O2/c1-16-6-5-11-24(14-16)20(25)10-13-23-12-9-19-18(15-23)21(22-26-19)17-7-3-2-4-8-17/h2-4,7-8,16H,5-6,9-15H2,1H3. The van der Waals surface area contributed by atoms with Gasteiger partial charge in [0.05, 0.1) is 0 Å². The molecule has 2 aliphatic heterocycles. The van der Waals surface area contributed by atoms with Crippen LogP contribution in [0, 0.1) is 5.92 Å². The number of carbonyl (C=O) groups is 1. The lowest BCUT2D eigenvalue weighted by atomic mass is 10.00. The van der Waals surface area contributed by atoms with Crippen LogP contribution in [-0.4, -0.2) is 47.0 Å². The second kappa shape index (κ2) is 7.62. The predicted octanol–water partition coefficient (Wildman–Crippen LogP) is 3.35. The number of benzene rings is 1. The van der Waals surface area contributed by atoms with Gasteiger partial charge in [-0.3, -0.25) is 9.69 Å². The molecule has 1 aromatic heterocycles. The third-order valence-corrected chi connectivity index (χ3v) is 5.61. The van der Waals surface area contributed by atoms with Crippen LogP contribution < -0.4 is 0 Å². The van der Waals surface area contributed by atoms with Crippen molar-refractivity contribution in [3.63, 3.8) is 0 Å². The molecule has 26 heavy (non-hydrogen) atoms. The molecule has 0 radical (unpaired) electrons. The minimum atomic E-state index is 0.302. The molecule has 1 aromatic carbocycles. The monoisotopic (exact) mass is 353 g/mol. The summed E-state index contributed by atoms with van der Waals surface area (Å²) in [6.07, 6.45) is 3.85. The van der Waals surface area contributed by atoms with Crippen molar-refractivity contribution in [3.8, 4) is 11.3 Å². The van der Waals surface area contributed by atoms with Crippen molar-refractivity contribution in [1.29, 1.82) is 0 Å². The number of likely N-dealkylation sites (tertiary alicyclic amines) is 1. The second-order valence-corrected chi connectivity index (χ2v) is 7.66. The molecular formula is C21H27N3O2. The van der Waals surface area contributed by atoms with Crippen LogP contribution in [0.3, 0.4) is 0 Å². The number of nitrogens with zero attached hydrogens (tertiary/aromatic N) is 3. The molecule has 1 fully saturated rings. The van der Waals surface area contributed by atoms with E-state index in [2.05, 4.69) is 34.0 Å². The highest BCUT2D eigenvalue weighted by atomic mass is 16.5. The van der Waals surface area contributed by atoms with E-state index in [9.17, 15) is 4.79 Å². The number of fused-ring (bicyclic) bond motifs is 1. The molecule has 2 aromatic rings. The zero-order valence-electron chi connectivity index (χ0n) is 15.5. The fourth-order valence-electron chi connectivity index (χ4n) is 4.11. The Labute approximate surface area is 155 Å². The summed E-state index contributed by atoms with van der Waals surface area (Å²) in [7, 11) is 0. The van der Waals surface area contributed by atoms with Gasteiger partial charge in [-0.2, -0.15) is 0 Å². The van der Waals surface area contributed by atoms with Crippen molar-refractivity contribution in [2.75, 3.05) is 26.2 Å². The fourth-order valence-corrected chi connectivity index (χ4v) is 4.11. The minimum Gasteiger partial charge on any atom is -0.360 e. The molecule has 4 rings (SSSR count). The van der Waals surface area contributed by atoms with Crippen LogP contribution in [0.1, 0.15) is 37.5 Å². The molecule has 1 atom stereocenters. The zero-order valence-corrected chi connectivity index (χ0v) is 15.5. The third-order valence-electron chi connectivity index (χ3n) is 5.61. The Morgan fingerprint density at radius 2 is 2.12 bits per heavy atom. The van der Waals surface area contributed by atoms with E-state index >= 15 is 0 Å². The predicted molar refractivity (Wildman–Crippen MR) is 101 cm³/mol. The third kappa shape index (κ3) is 3.68. The highest BCUT2D eigenvalue weighted by Gasteiger charge is 2.26. The summed E-state index contributed by atoms with van der Waals surface area (Å²) < 4.78 is 5.57. The molecule has 138 valence electrons. The lowest BCUT2D eigenvalue weighted by molar-refractivity contribution is -0.133. The summed E-state index contributed by atoms with van der Waals surface area (Å²) in [5.41, 5.74) is 3.22. The van der Waals surface area contributed by atoms with Crippen molar-refractivity contribution >= 4 is 5.91 Å². The van der Waals surface area contributed by atoms with Gasteiger partial charge in [0.2, 0.25) is 5.91 Å². The number of hydrogen-bond donors (Lipinski definition) is 0. The Hall–Kier alpha value is -2.14. The van der Waals surface area contributed by atoms with Gasteiger partial charge in [0, 0.05) is 56.7 Å². The molecular weight excluding hydrogens is 326 g/mol. The van der Waals surface area contributed by atoms with Crippen LogP contribution in [0.2, 0.25) is 0 Å². The van der Waals surface area contributed by atoms with Crippen molar-refractivity contribution < 1.29 is 9.32 Å². The van der Waals surface area contributed by atoms with Gasteiger partial charge >= 0.3 is 0 Å². The van der Waals surface area contributed by atoms with E-state index in [1.54, 1.807) is 0 Å². The van der Waals surface area contributed by atoms with E-state index in [-0.39, 0.29) is 0 Å². The van der Waals surface area contributed by atoms with Crippen molar-refractivity contribution in [3.05, 3.63) is 41.7 Å². The first-order valence-electron chi connectivity index (χ1n) is 9.73. The maximum Gasteiger partial charge on any atom is 0.223 e. The molecule has 3 heterocycles. The Kier molecular flexibility index (Phi) is 5.07. The number of carbonyl (C=O) groups excluding carboxylic acids is 1. The summed E-state index contributed by atoms with van der Waals surface area (Å²) in [4.78, 5) is 17.0. The number of aromatic nitrogens is 1. The van der Waals surface area contributed by atoms with Crippen LogP contribution in [0.25, 0.3) is 11.3 Å². The van der Waals surface area contributed by atoms with Gasteiger partial charge in [0.1, 0.15) is 11.5 Å². The second-order valence-electron chi connectivity index (χ2n) is 7.66. The quantitative estimate of drug-likeness (QED) is 0.846. The Bertz CT molecular complexity index is 756. The molecule has 0 N–H and O–H groups in total. The smallest absolute Gasteiger partial charge is 0.223 e. The molecule has 0 spiro atoms. The highest BCUT2D eigenvalue weighted by molar-refractivity contribution is 5.76. The molecule has 0 saturated carbocycles. The maximum atomic E-state index is 12.5. The van der Waals surface area contributed by atoms with Gasteiger partial charge in [0.15, 0.2) is 0 Å². The normalized spacial score (nSPS) is 20.8. The first-order valence-corrected chi connectivity index (χ1v) is 9.73. The van der Waals surface area contributed by atoms with E-state index in [0.29, 0.717) is 18.2 Å². The van der Waals surface area contributed by atoms with Crippen molar-refractivity contribution in [2.24, 2.45) is 5.92 Å². The zero-order chi connectivity index (χ0) is 17.9. The molecule has 1 amide bonds. The van der Waals surface area contributed by atoms with E-state index in [4.69, 9.17) is 4.52 Å². The number of amides is 1. The van der Waals surface area contributed by atoms with Gasteiger partial charge in [0.25, 0.3) is 0 Å². The van der Waals surface area contributed by atoms with E-state index in [0.717, 1.165) is 62.6 Å². The first-order chi connectivity index (χ1) is 12.7. The average molecular weight is 353 g/mol. The van der Waals surface area contributed by atoms with Gasteiger partial charge in [-0.25, -0.2) is 0 Å². The largest absolute Gasteiger partial charge is 0.360 e. The van der Waals surface area contributed by atoms with Crippen molar-refractivity contribution in [1.82, 2.24) is 15.0 Å². The van der Waals surface area contributed by atoms with Crippen LogP contribution in [0.4, 0.5) is 0 Å². The van der Waals surface area contributed by atoms with Crippen molar-refractivity contribution in [2.45, 2.75) is 39.2 Å². The Morgan fingerprint density at radius 3 is 2.92 bits per heavy atom. The van der Waals surface area contributed by atoms with Crippen LogP contribution >= 0.6 is 0 Å². The van der Waals surface area contributed by atoms with Gasteiger partial charge in [-0.05, 0) is 18.8 Å². The number of piperidine rings is 1. The van der Waals surface area contributed by atoms with E-state index in [1.807, 2.05) is 18.2 Å². The van der Waals surface area contributed by atoms with E-state index in [1.165, 1.54) is 12.0 Å². The van der Waals surface area contributed by atoms with Crippen LogP contribution in [0.15, 0.2) is 34.9 Å². The maximum absolute atomic E-state index is 12.5. The van der Waals surface area contributed by atoms with Crippen LogP contribution in [0.5, 0.6) is 0 Å². The molecule has 5 nitrogen and oxygen atoms in total.